The molecule has 5 nitrogen and oxygen atoms in total. The third-order valence-corrected chi connectivity index (χ3v) is 2.65. The Morgan fingerprint density at radius 1 is 1.24 bits per heavy atom. The molecule has 1 rings (SSSR count). The van der Waals surface area contributed by atoms with Crippen molar-refractivity contribution < 1.29 is 27.5 Å². The van der Waals surface area contributed by atoms with Crippen molar-refractivity contribution in [2.75, 3.05) is 32.6 Å². The highest BCUT2D eigenvalue weighted by molar-refractivity contribution is 5.92. The van der Waals surface area contributed by atoms with E-state index in [0.29, 0.717) is 0 Å². The maximum atomic E-state index is 13.4. The van der Waals surface area contributed by atoms with Crippen LogP contribution in [0.2, 0.25) is 0 Å². The predicted molar refractivity (Wildman–Crippen MR) is 69.1 cm³/mol. The fourth-order valence-electron chi connectivity index (χ4n) is 1.52. The van der Waals surface area contributed by atoms with Gasteiger partial charge in [-0.2, -0.15) is 0 Å². The lowest BCUT2D eigenvalue weighted by molar-refractivity contribution is -0.141. The molecule has 0 aromatic heterocycles. The summed E-state index contributed by atoms with van der Waals surface area (Å²) in [6.45, 7) is 0.121. The Kier molecular flexibility index (Phi) is 6.16. The number of hydrogen-bond acceptors (Lipinski definition) is 4. The monoisotopic (exact) mass is 304 g/mol. The van der Waals surface area contributed by atoms with Crippen molar-refractivity contribution in [1.29, 1.82) is 0 Å². The van der Waals surface area contributed by atoms with Crippen molar-refractivity contribution in [2.45, 2.75) is 6.42 Å². The molecule has 0 aliphatic rings. The standard InChI is InChI=1S/C13H15F3N2O3/c1-18(6-5-11(20)21-2)7-10(19)17-9-4-3-8(14)12(15)13(9)16/h3-4H,5-7H2,1-2H3,(H,17,19). The molecule has 0 saturated carbocycles. The first-order chi connectivity index (χ1) is 9.85. The molecule has 1 amide bonds. The molecule has 0 radical (unpaired) electrons. The average Bonchev–Trinajstić information content (AvgIpc) is 2.45. The highest BCUT2D eigenvalue weighted by atomic mass is 19.2. The fraction of sp³-hybridized carbons (Fsp3) is 0.385. The molecule has 0 spiro atoms. The van der Waals surface area contributed by atoms with Gasteiger partial charge in [0.05, 0.1) is 25.8 Å². The molecule has 0 saturated heterocycles. The third-order valence-electron chi connectivity index (χ3n) is 2.65. The quantitative estimate of drug-likeness (QED) is 0.640. The van der Waals surface area contributed by atoms with Gasteiger partial charge >= 0.3 is 5.97 Å². The van der Waals surface area contributed by atoms with Gasteiger partial charge in [-0.15, -0.1) is 0 Å². The van der Waals surface area contributed by atoms with Gasteiger partial charge in [0.15, 0.2) is 17.5 Å². The van der Waals surface area contributed by atoms with Gasteiger partial charge in [-0.3, -0.25) is 14.5 Å². The Hall–Kier alpha value is -2.09. The van der Waals surface area contributed by atoms with Crippen LogP contribution in [0.4, 0.5) is 18.9 Å². The first kappa shape index (κ1) is 17.0. The van der Waals surface area contributed by atoms with Crippen LogP contribution in [0.25, 0.3) is 0 Å². The van der Waals surface area contributed by atoms with Gasteiger partial charge in [0.1, 0.15) is 0 Å². The predicted octanol–water partition coefficient (Wildman–Crippen LogP) is 1.54. The molecule has 0 bridgehead atoms. The van der Waals surface area contributed by atoms with E-state index >= 15 is 0 Å². The van der Waals surface area contributed by atoms with E-state index in [1.165, 1.54) is 12.0 Å². The average molecular weight is 304 g/mol. The van der Waals surface area contributed by atoms with Gasteiger partial charge in [0.25, 0.3) is 0 Å². The van der Waals surface area contributed by atoms with Gasteiger partial charge in [0.2, 0.25) is 5.91 Å². The summed E-state index contributed by atoms with van der Waals surface area (Å²) in [7, 11) is 2.82. The normalized spacial score (nSPS) is 10.6. The molecule has 1 N–H and O–H groups in total. The van der Waals surface area contributed by atoms with E-state index in [2.05, 4.69) is 10.1 Å². The van der Waals surface area contributed by atoms with Crippen LogP contribution in [0.15, 0.2) is 12.1 Å². The number of carbonyl (C=O) groups is 2. The summed E-state index contributed by atoms with van der Waals surface area (Å²) < 4.78 is 43.5. The minimum Gasteiger partial charge on any atom is -0.469 e. The molecule has 0 heterocycles. The van der Waals surface area contributed by atoms with Gasteiger partial charge in [0, 0.05) is 6.54 Å². The molecular formula is C13H15F3N2O3. The molecule has 0 aliphatic heterocycles. The highest BCUT2D eigenvalue weighted by Crippen LogP contribution is 2.19. The maximum Gasteiger partial charge on any atom is 0.306 e. The summed E-state index contributed by atoms with van der Waals surface area (Å²) in [5.41, 5.74) is -0.444. The van der Waals surface area contributed by atoms with Crippen LogP contribution in [0, 0.1) is 17.5 Å². The van der Waals surface area contributed by atoms with Crippen LogP contribution in [0.5, 0.6) is 0 Å². The lowest BCUT2D eigenvalue weighted by Gasteiger charge is -2.15. The van der Waals surface area contributed by atoms with Crippen LogP contribution in [-0.4, -0.2) is 44.0 Å². The Balaban J connectivity index is 2.54. The number of rotatable bonds is 6. The Morgan fingerprint density at radius 2 is 1.90 bits per heavy atom. The Bertz CT molecular complexity index is 538. The zero-order chi connectivity index (χ0) is 16.0. The molecule has 116 valence electrons. The number of nitrogens with zero attached hydrogens (tertiary/aromatic N) is 1. The largest absolute Gasteiger partial charge is 0.469 e. The number of amides is 1. The van der Waals surface area contributed by atoms with Gasteiger partial charge < -0.3 is 10.1 Å². The topological polar surface area (TPSA) is 58.6 Å². The van der Waals surface area contributed by atoms with Crippen LogP contribution in [0.1, 0.15) is 6.42 Å². The lowest BCUT2D eigenvalue weighted by atomic mass is 10.2. The third kappa shape index (κ3) is 5.07. The number of nitrogens with one attached hydrogen (secondary N) is 1. The van der Waals surface area contributed by atoms with E-state index in [9.17, 15) is 22.8 Å². The highest BCUT2D eigenvalue weighted by Gasteiger charge is 2.16. The number of hydrogen-bond donors (Lipinski definition) is 1. The molecule has 1 aromatic rings. The molecular weight excluding hydrogens is 289 g/mol. The number of ether oxygens (including phenoxy) is 1. The van der Waals surface area contributed by atoms with Crippen molar-refractivity contribution in [1.82, 2.24) is 4.90 Å². The van der Waals surface area contributed by atoms with E-state index < -0.39 is 35.0 Å². The van der Waals surface area contributed by atoms with Crippen LogP contribution in [0.3, 0.4) is 0 Å². The van der Waals surface area contributed by atoms with Crippen LogP contribution in [-0.2, 0) is 14.3 Å². The second kappa shape index (κ2) is 7.63. The number of benzene rings is 1. The number of likely N-dealkylation sites (N-methyl/N-ethyl adjacent to an activating group) is 1. The molecule has 0 atom stereocenters. The second-order valence-corrected chi connectivity index (χ2v) is 4.34. The van der Waals surface area contributed by atoms with E-state index in [-0.39, 0.29) is 19.5 Å². The SMILES string of the molecule is COC(=O)CCN(C)CC(=O)Nc1ccc(F)c(F)c1F. The minimum absolute atomic E-state index is 0.0970. The molecule has 0 aliphatic carbocycles. The summed E-state index contributed by atoms with van der Waals surface area (Å²) in [5.74, 6) is -5.48. The van der Waals surface area contributed by atoms with Crippen LogP contribution < -0.4 is 5.32 Å². The van der Waals surface area contributed by atoms with Crippen LogP contribution >= 0.6 is 0 Å². The first-order valence-corrected chi connectivity index (χ1v) is 6.04. The zero-order valence-electron chi connectivity index (χ0n) is 11.6. The van der Waals surface area contributed by atoms with Crippen molar-refractivity contribution >= 4 is 17.6 Å². The Labute approximate surface area is 119 Å². The maximum absolute atomic E-state index is 13.4. The van der Waals surface area contributed by atoms with Gasteiger partial charge in [-0.25, -0.2) is 13.2 Å². The van der Waals surface area contributed by atoms with Crippen molar-refractivity contribution in [3.8, 4) is 0 Å². The summed E-state index contributed by atoms with van der Waals surface area (Å²) in [4.78, 5) is 24.1. The van der Waals surface area contributed by atoms with Crippen molar-refractivity contribution in [3.63, 3.8) is 0 Å². The van der Waals surface area contributed by atoms with Gasteiger partial charge in [-0.05, 0) is 19.2 Å². The Morgan fingerprint density at radius 3 is 2.52 bits per heavy atom. The molecule has 1 aromatic carbocycles. The molecule has 8 heteroatoms. The van der Waals surface area contributed by atoms with E-state index in [1.54, 1.807) is 7.05 Å². The summed E-state index contributed by atoms with van der Waals surface area (Å²) in [6, 6.07) is 1.65. The smallest absolute Gasteiger partial charge is 0.306 e. The van der Waals surface area contributed by atoms with Crippen molar-refractivity contribution in [2.24, 2.45) is 0 Å². The van der Waals surface area contributed by atoms with E-state index in [4.69, 9.17) is 0 Å². The number of anilines is 1. The van der Waals surface area contributed by atoms with E-state index in [0.717, 1.165) is 12.1 Å². The van der Waals surface area contributed by atoms with Crippen molar-refractivity contribution in [3.05, 3.63) is 29.6 Å². The summed E-state index contributed by atoms with van der Waals surface area (Å²) in [5, 5.41) is 2.13. The lowest BCUT2D eigenvalue weighted by Crippen LogP contribution is -2.32. The second-order valence-electron chi connectivity index (χ2n) is 4.34. The number of esters is 1. The number of methoxy groups -OCH3 is 1. The minimum atomic E-state index is -1.65. The number of halogens is 3. The number of carbonyl (C=O) groups excluding carboxylic acids is 2. The summed E-state index contributed by atoms with van der Waals surface area (Å²) in [6.07, 6.45) is 0.0970. The zero-order valence-corrected chi connectivity index (χ0v) is 11.6. The molecule has 0 fully saturated rings. The molecule has 21 heavy (non-hydrogen) atoms. The fourth-order valence-corrected chi connectivity index (χ4v) is 1.52. The first-order valence-electron chi connectivity index (χ1n) is 6.04. The summed E-state index contributed by atoms with van der Waals surface area (Å²) >= 11 is 0. The molecule has 0 unspecified atom stereocenters. The van der Waals surface area contributed by atoms with E-state index in [1.807, 2.05) is 0 Å². The van der Waals surface area contributed by atoms with Gasteiger partial charge in [-0.1, -0.05) is 0 Å².